The van der Waals surface area contributed by atoms with E-state index in [9.17, 15) is 9.18 Å². The average molecular weight is 237 g/mol. The predicted molar refractivity (Wildman–Crippen MR) is 62.2 cm³/mol. The maximum Gasteiger partial charge on any atom is 0.322 e. The lowest BCUT2D eigenvalue weighted by Gasteiger charge is -2.28. The van der Waals surface area contributed by atoms with Crippen molar-refractivity contribution in [2.24, 2.45) is 0 Å². The van der Waals surface area contributed by atoms with Crippen LogP contribution in [0.1, 0.15) is 24.3 Å². The van der Waals surface area contributed by atoms with Crippen molar-refractivity contribution in [1.82, 2.24) is 5.32 Å². The van der Waals surface area contributed by atoms with Gasteiger partial charge in [-0.3, -0.25) is 4.79 Å². The minimum absolute atomic E-state index is 0.211. The second-order valence-electron chi connectivity index (χ2n) is 4.31. The van der Waals surface area contributed by atoms with Crippen LogP contribution >= 0.6 is 0 Å². The second-order valence-corrected chi connectivity index (χ2v) is 4.31. The lowest BCUT2D eigenvalue weighted by molar-refractivity contribution is -0.143. The van der Waals surface area contributed by atoms with Gasteiger partial charge in [-0.25, -0.2) is 4.39 Å². The number of ether oxygens (including phenoxy) is 1. The topological polar surface area (TPSA) is 38.3 Å². The number of carbonyl (C=O) groups excluding carboxylic acids is 1. The molecule has 0 aromatic heterocycles. The van der Waals surface area contributed by atoms with Crippen LogP contribution in [0, 0.1) is 5.82 Å². The molecule has 0 saturated carbocycles. The highest BCUT2D eigenvalue weighted by Gasteiger charge is 2.26. The van der Waals surface area contributed by atoms with E-state index >= 15 is 0 Å². The molecule has 1 aliphatic heterocycles. The fraction of sp³-hybridized carbons (Fsp3) is 0.462. The van der Waals surface area contributed by atoms with Gasteiger partial charge in [-0.05, 0) is 36.5 Å². The highest BCUT2D eigenvalue weighted by Crippen LogP contribution is 2.25. The van der Waals surface area contributed by atoms with Crippen molar-refractivity contribution >= 4 is 5.97 Å². The molecular weight excluding hydrogens is 221 g/mol. The van der Waals surface area contributed by atoms with Gasteiger partial charge >= 0.3 is 5.97 Å². The number of benzene rings is 1. The Balaban J connectivity index is 1.97. The summed E-state index contributed by atoms with van der Waals surface area (Å²) >= 11 is 0. The van der Waals surface area contributed by atoms with Crippen molar-refractivity contribution in [2.75, 3.05) is 13.7 Å². The second kappa shape index (κ2) is 5.27. The summed E-state index contributed by atoms with van der Waals surface area (Å²) in [6, 6.07) is 6.43. The zero-order chi connectivity index (χ0) is 12.3. The first-order valence-electron chi connectivity index (χ1n) is 5.77. The van der Waals surface area contributed by atoms with E-state index < -0.39 is 0 Å². The van der Waals surface area contributed by atoms with Crippen molar-refractivity contribution in [3.63, 3.8) is 0 Å². The van der Waals surface area contributed by atoms with Crippen LogP contribution in [0.25, 0.3) is 0 Å². The molecule has 92 valence electrons. The van der Waals surface area contributed by atoms with E-state index in [1.807, 2.05) is 6.07 Å². The van der Waals surface area contributed by atoms with Crippen molar-refractivity contribution in [3.8, 4) is 0 Å². The van der Waals surface area contributed by atoms with E-state index in [0.717, 1.165) is 18.4 Å². The van der Waals surface area contributed by atoms with Crippen LogP contribution in [-0.4, -0.2) is 25.7 Å². The Morgan fingerprint density at radius 1 is 1.47 bits per heavy atom. The third kappa shape index (κ3) is 2.82. The van der Waals surface area contributed by atoms with Gasteiger partial charge in [0.05, 0.1) is 7.11 Å². The Bertz CT molecular complexity index is 400. The Kier molecular flexibility index (Phi) is 3.74. The van der Waals surface area contributed by atoms with Crippen molar-refractivity contribution in [1.29, 1.82) is 0 Å². The maximum atomic E-state index is 13.1. The molecule has 1 fully saturated rings. The van der Waals surface area contributed by atoms with Gasteiger partial charge in [-0.2, -0.15) is 0 Å². The molecular formula is C13H16FNO2. The summed E-state index contributed by atoms with van der Waals surface area (Å²) in [4.78, 5) is 11.3. The molecule has 17 heavy (non-hydrogen) atoms. The standard InChI is InChI=1S/C13H16FNO2/c1-17-13(16)12-6-5-10(8-15-12)9-3-2-4-11(14)7-9/h2-4,7,10,12,15H,5-6,8H2,1H3/t10-,12+/m0/s1. The first kappa shape index (κ1) is 12.0. The number of carbonyl (C=O) groups is 1. The number of nitrogens with one attached hydrogen (secondary N) is 1. The average Bonchev–Trinajstić information content (AvgIpc) is 2.38. The molecule has 1 aliphatic rings. The molecule has 2 atom stereocenters. The SMILES string of the molecule is COC(=O)[C@H]1CC[C@H](c2cccc(F)c2)CN1. The number of esters is 1. The zero-order valence-corrected chi connectivity index (χ0v) is 9.78. The molecule has 0 radical (unpaired) electrons. The Morgan fingerprint density at radius 3 is 2.88 bits per heavy atom. The van der Waals surface area contributed by atoms with Crippen LogP contribution in [0.3, 0.4) is 0 Å². The van der Waals surface area contributed by atoms with Crippen LogP contribution < -0.4 is 5.32 Å². The summed E-state index contributed by atoms with van der Waals surface area (Å²) in [5.74, 6) is -0.160. The Labute approximate surface area is 100.0 Å². The Morgan fingerprint density at radius 2 is 2.29 bits per heavy atom. The van der Waals surface area contributed by atoms with Gasteiger partial charge in [-0.1, -0.05) is 12.1 Å². The summed E-state index contributed by atoms with van der Waals surface area (Å²) in [6.07, 6.45) is 1.60. The summed E-state index contributed by atoms with van der Waals surface area (Å²) in [5.41, 5.74) is 0.987. The van der Waals surface area contributed by atoms with E-state index in [-0.39, 0.29) is 23.7 Å². The lowest BCUT2D eigenvalue weighted by atomic mass is 9.89. The lowest BCUT2D eigenvalue weighted by Crippen LogP contribution is -2.43. The van der Waals surface area contributed by atoms with Gasteiger partial charge in [0.1, 0.15) is 11.9 Å². The quantitative estimate of drug-likeness (QED) is 0.797. The number of hydrogen-bond acceptors (Lipinski definition) is 3. The molecule has 2 rings (SSSR count). The molecule has 0 spiro atoms. The molecule has 1 heterocycles. The van der Waals surface area contributed by atoms with Crippen molar-refractivity contribution in [3.05, 3.63) is 35.6 Å². The first-order valence-corrected chi connectivity index (χ1v) is 5.77. The van der Waals surface area contributed by atoms with E-state index in [0.29, 0.717) is 6.54 Å². The maximum absolute atomic E-state index is 13.1. The number of rotatable bonds is 2. The highest BCUT2D eigenvalue weighted by molar-refractivity contribution is 5.75. The monoisotopic (exact) mass is 237 g/mol. The van der Waals surface area contributed by atoms with Crippen LogP contribution in [0.5, 0.6) is 0 Å². The van der Waals surface area contributed by atoms with E-state index in [2.05, 4.69) is 10.1 Å². The van der Waals surface area contributed by atoms with E-state index in [1.54, 1.807) is 12.1 Å². The number of halogens is 1. The molecule has 3 nitrogen and oxygen atoms in total. The van der Waals surface area contributed by atoms with Crippen LogP contribution in [0.15, 0.2) is 24.3 Å². The van der Waals surface area contributed by atoms with Gasteiger partial charge in [-0.15, -0.1) is 0 Å². The minimum atomic E-state index is -0.220. The largest absolute Gasteiger partial charge is 0.468 e. The normalized spacial score (nSPS) is 24.4. The van der Waals surface area contributed by atoms with Gasteiger partial charge in [0.2, 0.25) is 0 Å². The summed E-state index contributed by atoms with van der Waals surface area (Å²) in [7, 11) is 1.39. The van der Waals surface area contributed by atoms with Crippen molar-refractivity contribution < 1.29 is 13.9 Å². The number of piperidine rings is 1. The van der Waals surface area contributed by atoms with E-state index in [4.69, 9.17) is 0 Å². The molecule has 1 N–H and O–H groups in total. The van der Waals surface area contributed by atoms with Crippen LogP contribution in [0.4, 0.5) is 4.39 Å². The molecule has 0 aliphatic carbocycles. The zero-order valence-electron chi connectivity index (χ0n) is 9.78. The van der Waals surface area contributed by atoms with Crippen LogP contribution in [0.2, 0.25) is 0 Å². The molecule has 1 aromatic carbocycles. The van der Waals surface area contributed by atoms with Gasteiger partial charge in [0.15, 0.2) is 0 Å². The summed E-state index contributed by atoms with van der Waals surface area (Å²) < 4.78 is 17.8. The molecule has 4 heteroatoms. The molecule has 0 unspecified atom stereocenters. The molecule has 0 bridgehead atoms. The number of hydrogen-bond donors (Lipinski definition) is 1. The fourth-order valence-electron chi connectivity index (χ4n) is 2.24. The third-order valence-corrected chi connectivity index (χ3v) is 3.22. The first-order chi connectivity index (χ1) is 8.20. The van der Waals surface area contributed by atoms with Gasteiger partial charge in [0.25, 0.3) is 0 Å². The fourth-order valence-corrected chi connectivity index (χ4v) is 2.24. The molecule has 1 aromatic rings. The minimum Gasteiger partial charge on any atom is -0.468 e. The summed E-state index contributed by atoms with van der Waals surface area (Å²) in [5, 5.41) is 3.14. The van der Waals surface area contributed by atoms with Gasteiger partial charge in [0, 0.05) is 6.54 Å². The molecule has 1 saturated heterocycles. The van der Waals surface area contributed by atoms with Crippen molar-refractivity contribution in [2.45, 2.75) is 24.8 Å². The van der Waals surface area contributed by atoms with Gasteiger partial charge < -0.3 is 10.1 Å². The highest BCUT2D eigenvalue weighted by atomic mass is 19.1. The smallest absolute Gasteiger partial charge is 0.322 e. The van der Waals surface area contributed by atoms with E-state index in [1.165, 1.54) is 13.2 Å². The summed E-state index contributed by atoms with van der Waals surface area (Å²) in [6.45, 7) is 0.684. The number of methoxy groups -OCH3 is 1. The predicted octanol–water partition coefficient (Wildman–Crippen LogP) is 1.83. The van der Waals surface area contributed by atoms with Crippen LogP contribution in [-0.2, 0) is 9.53 Å². The molecule has 0 amide bonds. The third-order valence-electron chi connectivity index (χ3n) is 3.22. The Hall–Kier alpha value is -1.42.